The molecule has 0 saturated carbocycles. The average Bonchev–Trinajstić information content (AvgIpc) is 2.95. The van der Waals surface area contributed by atoms with E-state index in [1.165, 1.54) is 5.56 Å². The molecule has 0 aliphatic rings. The lowest BCUT2D eigenvalue weighted by molar-refractivity contribution is 0.146. The first-order valence-electron chi connectivity index (χ1n) is 7.20. The lowest BCUT2D eigenvalue weighted by atomic mass is 10.1. The Balaban J connectivity index is 2.00. The van der Waals surface area contributed by atoms with Gasteiger partial charge in [-0.05, 0) is 43.7 Å². The number of furan rings is 1. The lowest BCUT2D eigenvalue weighted by Crippen LogP contribution is -2.18. The summed E-state index contributed by atoms with van der Waals surface area (Å²) < 4.78 is 16.2. The molecule has 114 valence electrons. The molecule has 4 nitrogen and oxygen atoms in total. The van der Waals surface area contributed by atoms with Crippen LogP contribution in [-0.4, -0.2) is 26.4 Å². The Morgan fingerprint density at radius 2 is 2.10 bits per heavy atom. The first-order valence-corrected chi connectivity index (χ1v) is 7.20. The number of anilines is 1. The van der Waals surface area contributed by atoms with Crippen molar-refractivity contribution >= 4 is 5.69 Å². The molecule has 1 aromatic heterocycles. The summed E-state index contributed by atoms with van der Waals surface area (Å²) >= 11 is 0. The topological polar surface area (TPSA) is 43.6 Å². The Hall–Kier alpha value is -1.94. The lowest BCUT2D eigenvalue weighted by Gasteiger charge is -2.18. The van der Waals surface area contributed by atoms with Gasteiger partial charge in [-0.25, -0.2) is 0 Å². The zero-order valence-electron chi connectivity index (χ0n) is 12.9. The summed E-state index contributed by atoms with van der Waals surface area (Å²) in [6.45, 7) is 5.30. The zero-order chi connectivity index (χ0) is 15.1. The second kappa shape index (κ2) is 7.74. The number of ether oxygens (including phenoxy) is 2. The predicted octanol–water partition coefficient (Wildman–Crippen LogP) is 3.66. The first-order chi connectivity index (χ1) is 10.2. The summed E-state index contributed by atoms with van der Waals surface area (Å²) in [5.41, 5.74) is 2.17. The molecule has 0 radical (unpaired) electrons. The average molecular weight is 289 g/mol. The second-order valence-corrected chi connectivity index (χ2v) is 5.17. The highest BCUT2D eigenvalue weighted by Crippen LogP contribution is 2.27. The van der Waals surface area contributed by atoms with Crippen molar-refractivity contribution in [2.75, 3.05) is 25.6 Å². The van der Waals surface area contributed by atoms with Gasteiger partial charge in [0.05, 0.1) is 18.6 Å². The van der Waals surface area contributed by atoms with E-state index in [1.54, 1.807) is 13.4 Å². The highest BCUT2D eigenvalue weighted by molar-refractivity contribution is 5.58. The van der Waals surface area contributed by atoms with Gasteiger partial charge in [-0.2, -0.15) is 0 Å². The minimum Gasteiger partial charge on any atom is -0.489 e. The molecule has 0 amide bonds. The maximum absolute atomic E-state index is 5.78. The molecule has 0 spiro atoms. The van der Waals surface area contributed by atoms with E-state index < -0.39 is 0 Å². The molecule has 0 aliphatic heterocycles. The van der Waals surface area contributed by atoms with Crippen LogP contribution in [0.4, 0.5) is 5.69 Å². The van der Waals surface area contributed by atoms with E-state index >= 15 is 0 Å². The number of rotatable bonds is 8. The molecule has 0 bridgehead atoms. The largest absolute Gasteiger partial charge is 0.489 e. The number of methoxy groups -OCH3 is 1. The van der Waals surface area contributed by atoms with E-state index in [9.17, 15) is 0 Å². The van der Waals surface area contributed by atoms with E-state index in [0.717, 1.165) is 23.6 Å². The van der Waals surface area contributed by atoms with Crippen LogP contribution >= 0.6 is 0 Å². The summed E-state index contributed by atoms with van der Waals surface area (Å²) in [6, 6.07) is 10.3. The van der Waals surface area contributed by atoms with Gasteiger partial charge in [0.25, 0.3) is 0 Å². The van der Waals surface area contributed by atoms with Gasteiger partial charge in [0.15, 0.2) is 0 Å². The van der Waals surface area contributed by atoms with Crippen molar-refractivity contribution < 1.29 is 13.9 Å². The third kappa shape index (κ3) is 4.83. The fraction of sp³-hybridized carbons (Fsp3) is 0.412. The molecule has 0 fully saturated rings. The van der Waals surface area contributed by atoms with Crippen molar-refractivity contribution in [2.24, 2.45) is 0 Å². The summed E-state index contributed by atoms with van der Waals surface area (Å²) in [6.07, 6.45) is 2.53. The van der Waals surface area contributed by atoms with Crippen molar-refractivity contribution in [3.8, 4) is 5.75 Å². The van der Waals surface area contributed by atoms with Crippen molar-refractivity contribution in [1.82, 2.24) is 0 Å². The molecule has 1 N–H and O–H groups in total. The van der Waals surface area contributed by atoms with Crippen LogP contribution in [0.15, 0.2) is 41.0 Å². The quantitative estimate of drug-likeness (QED) is 0.753. The summed E-state index contributed by atoms with van der Waals surface area (Å²) in [4.78, 5) is 0. The molecule has 21 heavy (non-hydrogen) atoms. The Morgan fingerprint density at radius 1 is 1.24 bits per heavy atom. The minimum atomic E-state index is 0.253. The van der Waals surface area contributed by atoms with Gasteiger partial charge in [-0.1, -0.05) is 6.07 Å². The van der Waals surface area contributed by atoms with Gasteiger partial charge in [0.1, 0.15) is 18.1 Å². The van der Waals surface area contributed by atoms with Crippen molar-refractivity contribution in [2.45, 2.75) is 26.3 Å². The first kappa shape index (κ1) is 15.4. The second-order valence-electron chi connectivity index (χ2n) is 5.17. The predicted molar refractivity (Wildman–Crippen MR) is 84.0 cm³/mol. The Bertz CT molecular complexity index is 537. The molecule has 1 aromatic carbocycles. The molecule has 2 rings (SSSR count). The molecule has 4 heteroatoms. The minimum absolute atomic E-state index is 0.253. The van der Waals surface area contributed by atoms with E-state index in [-0.39, 0.29) is 6.04 Å². The highest BCUT2D eigenvalue weighted by atomic mass is 16.5. The van der Waals surface area contributed by atoms with Crippen LogP contribution in [0.5, 0.6) is 5.75 Å². The fourth-order valence-electron chi connectivity index (χ4n) is 2.15. The molecular formula is C17H23NO3. The van der Waals surface area contributed by atoms with E-state index in [1.807, 2.05) is 18.2 Å². The van der Waals surface area contributed by atoms with Crippen molar-refractivity contribution in [1.29, 1.82) is 0 Å². The number of aryl methyl sites for hydroxylation is 1. The number of hydrogen-bond donors (Lipinski definition) is 1. The number of nitrogens with one attached hydrogen (secondary N) is 1. The van der Waals surface area contributed by atoms with E-state index in [2.05, 4.69) is 31.3 Å². The van der Waals surface area contributed by atoms with Gasteiger partial charge < -0.3 is 19.2 Å². The van der Waals surface area contributed by atoms with Crippen LogP contribution in [0.3, 0.4) is 0 Å². The van der Waals surface area contributed by atoms with Gasteiger partial charge in [-0.3, -0.25) is 0 Å². The number of hydrogen-bond acceptors (Lipinski definition) is 4. The summed E-state index contributed by atoms with van der Waals surface area (Å²) in [7, 11) is 1.67. The van der Waals surface area contributed by atoms with Gasteiger partial charge in [0.2, 0.25) is 0 Å². The summed E-state index contributed by atoms with van der Waals surface area (Å²) in [5.74, 6) is 1.84. The molecule has 2 aromatic rings. The Kier molecular flexibility index (Phi) is 5.69. The molecular weight excluding hydrogens is 266 g/mol. The van der Waals surface area contributed by atoms with Gasteiger partial charge in [0, 0.05) is 19.6 Å². The van der Waals surface area contributed by atoms with Crippen molar-refractivity contribution in [3.63, 3.8) is 0 Å². The van der Waals surface area contributed by atoms with Crippen LogP contribution in [0.25, 0.3) is 0 Å². The molecule has 1 heterocycles. The normalized spacial score (nSPS) is 12.1. The van der Waals surface area contributed by atoms with E-state index in [4.69, 9.17) is 13.9 Å². The third-order valence-corrected chi connectivity index (χ3v) is 3.17. The molecule has 1 unspecified atom stereocenters. The smallest absolute Gasteiger partial charge is 0.142 e. The molecule has 0 saturated heterocycles. The number of benzene rings is 1. The van der Waals surface area contributed by atoms with E-state index in [0.29, 0.717) is 13.2 Å². The van der Waals surface area contributed by atoms with Crippen LogP contribution < -0.4 is 10.1 Å². The SMILES string of the molecule is COCCOc1cc(C)ccc1NC(C)Cc1ccco1. The van der Waals surface area contributed by atoms with Crippen molar-refractivity contribution in [3.05, 3.63) is 47.9 Å². The zero-order valence-corrected chi connectivity index (χ0v) is 12.9. The monoisotopic (exact) mass is 289 g/mol. The van der Waals surface area contributed by atoms with Crippen LogP contribution in [-0.2, 0) is 11.2 Å². The van der Waals surface area contributed by atoms with Crippen LogP contribution in [0, 0.1) is 6.92 Å². The van der Waals surface area contributed by atoms with Crippen LogP contribution in [0.1, 0.15) is 18.2 Å². The molecule has 0 aliphatic carbocycles. The van der Waals surface area contributed by atoms with Gasteiger partial charge >= 0.3 is 0 Å². The molecule has 1 atom stereocenters. The standard InChI is InChI=1S/C17H23NO3/c1-13-6-7-16(17(11-13)21-10-9-19-3)18-14(2)12-15-5-4-8-20-15/h4-8,11,14,18H,9-10,12H2,1-3H3. The van der Waals surface area contributed by atoms with Crippen LogP contribution in [0.2, 0.25) is 0 Å². The maximum Gasteiger partial charge on any atom is 0.142 e. The highest BCUT2D eigenvalue weighted by Gasteiger charge is 2.10. The summed E-state index contributed by atoms with van der Waals surface area (Å²) in [5, 5.41) is 3.48. The fourth-order valence-corrected chi connectivity index (χ4v) is 2.15. The maximum atomic E-state index is 5.78. The Labute approximate surface area is 126 Å². The third-order valence-electron chi connectivity index (χ3n) is 3.17. The Morgan fingerprint density at radius 3 is 2.81 bits per heavy atom. The van der Waals surface area contributed by atoms with Gasteiger partial charge in [-0.15, -0.1) is 0 Å².